The van der Waals surface area contributed by atoms with E-state index in [1.54, 1.807) is 11.8 Å². The number of imidazole rings is 1. The molecule has 0 aliphatic carbocycles. The molecule has 0 saturated heterocycles. The second-order valence-corrected chi connectivity index (χ2v) is 5.06. The third kappa shape index (κ3) is 2.39. The topological polar surface area (TPSA) is 43.8 Å². The monoisotopic (exact) mass is 233 g/mol. The summed E-state index contributed by atoms with van der Waals surface area (Å²) in [5.74, 6) is 0. The lowest BCUT2D eigenvalue weighted by Gasteiger charge is -2.11. The highest BCUT2D eigenvalue weighted by atomic mass is 32.2. The Bertz CT molecular complexity index is 479. The molecule has 16 heavy (non-hydrogen) atoms. The fraction of sp³-hybridized carbons (Fsp3) is 0.250. The van der Waals surface area contributed by atoms with Crippen molar-refractivity contribution in [2.75, 3.05) is 5.73 Å². The van der Waals surface area contributed by atoms with Crippen molar-refractivity contribution in [1.82, 2.24) is 9.55 Å². The average Bonchev–Trinajstić information content (AvgIpc) is 2.64. The molecule has 0 aliphatic heterocycles. The molecular formula is C12H15N3S. The van der Waals surface area contributed by atoms with E-state index in [0.29, 0.717) is 5.25 Å². The number of aryl methyl sites for hydroxylation is 1. The van der Waals surface area contributed by atoms with Gasteiger partial charge in [0.15, 0.2) is 5.16 Å². The molecule has 0 radical (unpaired) electrons. The Balaban J connectivity index is 2.14. The van der Waals surface area contributed by atoms with Crippen LogP contribution in [0, 0.1) is 0 Å². The van der Waals surface area contributed by atoms with Gasteiger partial charge in [-0.3, -0.25) is 0 Å². The molecule has 3 nitrogen and oxygen atoms in total. The maximum atomic E-state index is 5.77. The van der Waals surface area contributed by atoms with E-state index in [2.05, 4.69) is 18.0 Å². The lowest BCUT2D eigenvalue weighted by atomic mass is 10.1. The predicted octanol–water partition coefficient (Wildman–Crippen LogP) is 2.86. The zero-order chi connectivity index (χ0) is 11.5. The van der Waals surface area contributed by atoms with E-state index < -0.39 is 0 Å². The highest BCUT2D eigenvalue weighted by molar-refractivity contribution is 7.99. The van der Waals surface area contributed by atoms with Gasteiger partial charge >= 0.3 is 0 Å². The second-order valence-electron chi connectivity index (χ2n) is 3.75. The zero-order valence-corrected chi connectivity index (χ0v) is 10.2. The molecule has 0 saturated carbocycles. The lowest BCUT2D eigenvalue weighted by Crippen LogP contribution is -1.95. The molecule has 0 fully saturated rings. The quantitative estimate of drug-likeness (QED) is 0.655. The fourth-order valence-corrected chi connectivity index (χ4v) is 2.45. The number of nitrogens with zero attached hydrogens (tertiary/aromatic N) is 2. The van der Waals surface area contributed by atoms with Gasteiger partial charge in [0.2, 0.25) is 0 Å². The van der Waals surface area contributed by atoms with Crippen LogP contribution in [0.25, 0.3) is 0 Å². The number of nitrogen functional groups attached to an aromatic ring is 1. The summed E-state index contributed by atoms with van der Waals surface area (Å²) in [6.45, 7) is 2.16. The Morgan fingerprint density at radius 1 is 1.44 bits per heavy atom. The van der Waals surface area contributed by atoms with E-state index in [1.807, 2.05) is 42.2 Å². The van der Waals surface area contributed by atoms with Crippen LogP contribution >= 0.6 is 11.8 Å². The lowest BCUT2D eigenvalue weighted by molar-refractivity contribution is 0.786. The first-order valence-electron chi connectivity index (χ1n) is 5.16. The van der Waals surface area contributed by atoms with Crippen LogP contribution in [0.5, 0.6) is 0 Å². The van der Waals surface area contributed by atoms with Crippen molar-refractivity contribution < 1.29 is 0 Å². The van der Waals surface area contributed by atoms with E-state index in [-0.39, 0.29) is 0 Å². The number of anilines is 1. The van der Waals surface area contributed by atoms with E-state index >= 15 is 0 Å². The van der Waals surface area contributed by atoms with Crippen molar-refractivity contribution in [2.24, 2.45) is 7.05 Å². The minimum absolute atomic E-state index is 0.351. The maximum Gasteiger partial charge on any atom is 0.168 e. The molecule has 2 aromatic rings. The van der Waals surface area contributed by atoms with Crippen LogP contribution in [0.4, 0.5) is 5.69 Å². The first-order chi connectivity index (χ1) is 7.66. The normalized spacial score (nSPS) is 12.6. The summed E-state index contributed by atoms with van der Waals surface area (Å²) in [5, 5.41) is 1.37. The Morgan fingerprint density at radius 2 is 2.25 bits per heavy atom. The average molecular weight is 233 g/mol. The van der Waals surface area contributed by atoms with Gasteiger partial charge in [-0.2, -0.15) is 0 Å². The first-order valence-corrected chi connectivity index (χ1v) is 6.04. The van der Waals surface area contributed by atoms with Gasteiger partial charge in [-0.05, 0) is 24.6 Å². The Hall–Kier alpha value is -1.42. The summed E-state index contributed by atoms with van der Waals surface area (Å²) < 4.78 is 2.02. The van der Waals surface area contributed by atoms with Gasteiger partial charge in [0.1, 0.15) is 0 Å². The molecule has 0 spiro atoms. The third-order valence-electron chi connectivity index (χ3n) is 2.44. The minimum atomic E-state index is 0.351. The molecular weight excluding hydrogens is 218 g/mol. The Morgan fingerprint density at radius 3 is 2.88 bits per heavy atom. The first kappa shape index (κ1) is 11.1. The van der Waals surface area contributed by atoms with E-state index in [4.69, 9.17) is 5.73 Å². The SMILES string of the molecule is CC(Sc1nccn1C)c1cccc(N)c1. The van der Waals surface area contributed by atoms with Crippen molar-refractivity contribution in [3.8, 4) is 0 Å². The van der Waals surface area contributed by atoms with Crippen molar-refractivity contribution >= 4 is 17.4 Å². The van der Waals surface area contributed by atoms with Crippen molar-refractivity contribution in [3.63, 3.8) is 0 Å². The number of hydrogen-bond donors (Lipinski definition) is 1. The summed E-state index contributed by atoms with van der Waals surface area (Å²) in [6.07, 6.45) is 3.77. The van der Waals surface area contributed by atoms with Crippen LogP contribution < -0.4 is 5.73 Å². The van der Waals surface area contributed by atoms with Gasteiger partial charge in [0.25, 0.3) is 0 Å². The van der Waals surface area contributed by atoms with Crippen LogP contribution in [-0.4, -0.2) is 9.55 Å². The van der Waals surface area contributed by atoms with Crippen LogP contribution in [0.2, 0.25) is 0 Å². The second kappa shape index (κ2) is 4.61. The molecule has 0 bridgehead atoms. The van der Waals surface area contributed by atoms with Gasteiger partial charge < -0.3 is 10.3 Å². The van der Waals surface area contributed by atoms with Gasteiger partial charge in [0.05, 0.1) is 0 Å². The summed E-state index contributed by atoms with van der Waals surface area (Å²) >= 11 is 1.73. The fourth-order valence-electron chi connectivity index (χ4n) is 1.50. The molecule has 84 valence electrons. The van der Waals surface area contributed by atoms with Crippen molar-refractivity contribution in [1.29, 1.82) is 0 Å². The number of nitrogens with two attached hydrogens (primary N) is 1. The molecule has 0 aliphatic rings. The van der Waals surface area contributed by atoms with Gasteiger partial charge in [-0.25, -0.2) is 4.98 Å². The van der Waals surface area contributed by atoms with Crippen LogP contribution in [0.3, 0.4) is 0 Å². The predicted molar refractivity (Wildman–Crippen MR) is 68.3 cm³/mol. The van der Waals surface area contributed by atoms with E-state index in [0.717, 1.165) is 10.8 Å². The highest BCUT2D eigenvalue weighted by Gasteiger charge is 2.10. The van der Waals surface area contributed by atoms with E-state index in [9.17, 15) is 0 Å². The van der Waals surface area contributed by atoms with Crippen molar-refractivity contribution in [2.45, 2.75) is 17.3 Å². The molecule has 1 unspecified atom stereocenters. The van der Waals surface area contributed by atoms with Gasteiger partial charge in [-0.15, -0.1) is 0 Å². The number of hydrogen-bond acceptors (Lipinski definition) is 3. The standard InChI is InChI=1S/C12H15N3S/c1-9(10-4-3-5-11(13)8-10)16-12-14-6-7-15(12)2/h3-9H,13H2,1-2H3. The summed E-state index contributed by atoms with van der Waals surface area (Å²) in [5.41, 5.74) is 7.81. The molecule has 2 rings (SSSR count). The highest BCUT2D eigenvalue weighted by Crippen LogP contribution is 2.33. The van der Waals surface area contributed by atoms with E-state index in [1.165, 1.54) is 5.56 Å². The Kier molecular flexibility index (Phi) is 3.19. The van der Waals surface area contributed by atoms with Crippen molar-refractivity contribution in [3.05, 3.63) is 42.2 Å². The number of benzene rings is 1. The molecule has 2 N–H and O–H groups in total. The van der Waals surface area contributed by atoms with Crippen LogP contribution in [-0.2, 0) is 7.05 Å². The number of rotatable bonds is 3. The molecule has 4 heteroatoms. The molecule has 1 heterocycles. The summed E-state index contributed by atoms with van der Waals surface area (Å²) in [6, 6.07) is 8.00. The smallest absolute Gasteiger partial charge is 0.168 e. The summed E-state index contributed by atoms with van der Waals surface area (Å²) in [4.78, 5) is 4.30. The molecule has 1 aromatic carbocycles. The largest absolute Gasteiger partial charge is 0.399 e. The molecule has 0 amide bonds. The zero-order valence-electron chi connectivity index (χ0n) is 9.42. The molecule has 1 aromatic heterocycles. The third-order valence-corrected chi connectivity index (χ3v) is 3.67. The molecule has 1 atom stereocenters. The Labute approximate surface area is 99.7 Å². The van der Waals surface area contributed by atoms with Gasteiger partial charge in [-0.1, -0.05) is 23.9 Å². The number of aromatic nitrogens is 2. The minimum Gasteiger partial charge on any atom is -0.399 e. The number of thioether (sulfide) groups is 1. The summed E-state index contributed by atoms with van der Waals surface area (Å²) in [7, 11) is 2.00. The van der Waals surface area contributed by atoms with Gasteiger partial charge in [0, 0.05) is 30.4 Å². The van der Waals surface area contributed by atoms with Crippen LogP contribution in [0.15, 0.2) is 41.8 Å². The maximum absolute atomic E-state index is 5.77. The van der Waals surface area contributed by atoms with Crippen LogP contribution in [0.1, 0.15) is 17.7 Å².